The Hall–Kier alpha value is -2.99. The first-order chi connectivity index (χ1) is 20.3. The fourth-order valence-electron chi connectivity index (χ4n) is 6.14. The number of aryl methyl sites for hydroxylation is 1. The van der Waals surface area contributed by atoms with Gasteiger partial charge in [-0.25, -0.2) is 9.69 Å². The minimum Gasteiger partial charge on any atom is -0.441 e. The molecular weight excluding hydrogens is 522 g/mol. The Morgan fingerprint density at radius 1 is 0.952 bits per heavy atom. The Labute approximate surface area is 254 Å². The van der Waals surface area contributed by atoms with E-state index in [1.54, 1.807) is 0 Å². The molecule has 1 N–H and O–H groups in total. The highest BCUT2D eigenvalue weighted by molar-refractivity contribution is 5.97. The molecule has 42 heavy (non-hydrogen) atoms. The van der Waals surface area contributed by atoms with Crippen molar-refractivity contribution in [2.45, 2.75) is 116 Å². The molecule has 0 aliphatic carbocycles. The van der Waals surface area contributed by atoms with Gasteiger partial charge in [0.2, 0.25) is 5.91 Å². The van der Waals surface area contributed by atoms with Gasteiger partial charge in [-0.05, 0) is 75.6 Å². The summed E-state index contributed by atoms with van der Waals surface area (Å²) in [5.41, 5.74) is 1.53. The van der Waals surface area contributed by atoms with Gasteiger partial charge in [-0.1, -0.05) is 101 Å². The van der Waals surface area contributed by atoms with Crippen LogP contribution in [0, 0.1) is 5.92 Å². The Kier molecular flexibility index (Phi) is 14.2. The van der Waals surface area contributed by atoms with Crippen LogP contribution in [0.4, 0.5) is 4.79 Å². The standard InChI is InChI=1S/C36H53N3O3/c1-29(2)33-36(3,4)42-35(41)39(33)34(40)32(31-23-17-15-18-24-31)28-38-25-19-14-12-10-8-6-5-7-9-11-13-16-21-30-22-20-26-37-27-30/h11,13,15,17-18,20,22-24,26-27,29,32-33,38H,5-10,12,14,16,19,21,25,28H2,1-4H3/b13-11-/t32-,33-/m1/s1. The van der Waals surface area contributed by atoms with Crippen molar-refractivity contribution in [1.82, 2.24) is 15.2 Å². The lowest BCUT2D eigenvalue weighted by atomic mass is 9.87. The summed E-state index contributed by atoms with van der Waals surface area (Å²) in [6.45, 7) is 9.24. The van der Waals surface area contributed by atoms with Crippen molar-refractivity contribution in [3.8, 4) is 0 Å². The molecule has 0 saturated carbocycles. The first-order valence-corrected chi connectivity index (χ1v) is 16.2. The molecule has 1 saturated heterocycles. The predicted molar refractivity (Wildman–Crippen MR) is 171 cm³/mol. The maximum absolute atomic E-state index is 13.8. The normalized spacial score (nSPS) is 17.2. The van der Waals surface area contributed by atoms with Crippen LogP contribution in [0.3, 0.4) is 0 Å². The van der Waals surface area contributed by atoms with Crippen LogP contribution >= 0.6 is 0 Å². The van der Waals surface area contributed by atoms with Gasteiger partial charge in [0, 0.05) is 18.9 Å². The van der Waals surface area contributed by atoms with Crippen LogP contribution in [0.15, 0.2) is 67.0 Å². The van der Waals surface area contributed by atoms with E-state index >= 15 is 0 Å². The van der Waals surface area contributed by atoms with E-state index in [9.17, 15) is 9.59 Å². The molecule has 1 fully saturated rings. The van der Waals surface area contributed by atoms with Crippen LogP contribution in [0.5, 0.6) is 0 Å². The number of nitrogens with one attached hydrogen (secondary N) is 1. The van der Waals surface area contributed by atoms with Gasteiger partial charge in [-0.2, -0.15) is 0 Å². The van der Waals surface area contributed by atoms with Crippen LogP contribution in [0.2, 0.25) is 0 Å². The molecule has 3 rings (SSSR count). The minimum atomic E-state index is -0.701. The number of aromatic nitrogens is 1. The van der Waals surface area contributed by atoms with Crippen molar-refractivity contribution in [2.24, 2.45) is 5.92 Å². The van der Waals surface area contributed by atoms with E-state index < -0.39 is 17.6 Å². The first kappa shape index (κ1) is 33.5. The Balaban J connectivity index is 1.28. The van der Waals surface area contributed by atoms with E-state index in [4.69, 9.17) is 4.74 Å². The first-order valence-electron chi connectivity index (χ1n) is 16.2. The fraction of sp³-hybridized carbons (Fsp3) is 0.583. The molecule has 0 unspecified atom stereocenters. The van der Waals surface area contributed by atoms with Crippen LogP contribution in [-0.4, -0.2) is 46.6 Å². The average molecular weight is 576 g/mol. The number of pyridine rings is 1. The summed E-state index contributed by atoms with van der Waals surface area (Å²) in [6, 6.07) is 13.6. The van der Waals surface area contributed by atoms with Crippen molar-refractivity contribution in [1.29, 1.82) is 0 Å². The van der Waals surface area contributed by atoms with Gasteiger partial charge in [0.15, 0.2) is 0 Å². The van der Waals surface area contributed by atoms with E-state index in [2.05, 4.69) is 28.5 Å². The Morgan fingerprint density at radius 2 is 1.62 bits per heavy atom. The molecule has 2 amide bonds. The van der Waals surface area contributed by atoms with Crippen LogP contribution in [0.1, 0.15) is 109 Å². The summed E-state index contributed by atoms with van der Waals surface area (Å²) in [7, 11) is 0. The van der Waals surface area contributed by atoms with Crippen molar-refractivity contribution in [3.05, 3.63) is 78.1 Å². The van der Waals surface area contributed by atoms with E-state index in [1.807, 2.05) is 76.5 Å². The maximum atomic E-state index is 13.8. The molecule has 0 spiro atoms. The molecule has 0 bridgehead atoms. The Morgan fingerprint density at radius 3 is 2.29 bits per heavy atom. The van der Waals surface area contributed by atoms with E-state index in [0.29, 0.717) is 6.54 Å². The molecule has 1 aliphatic heterocycles. The lowest BCUT2D eigenvalue weighted by Crippen LogP contribution is -2.50. The largest absolute Gasteiger partial charge is 0.441 e. The monoisotopic (exact) mass is 575 g/mol. The van der Waals surface area contributed by atoms with Gasteiger partial charge >= 0.3 is 6.09 Å². The number of hydrogen-bond donors (Lipinski definition) is 1. The number of nitrogens with zero attached hydrogens (tertiary/aromatic N) is 2. The third-order valence-electron chi connectivity index (χ3n) is 8.22. The number of cyclic esters (lactones) is 1. The number of ether oxygens (including phenoxy) is 1. The second kappa shape index (κ2) is 17.8. The molecule has 2 aromatic rings. The molecule has 1 aliphatic rings. The molecule has 1 aromatic carbocycles. The number of rotatable bonds is 19. The molecule has 1 aromatic heterocycles. The second-order valence-corrected chi connectivity index (χ2v) is 12.5. The molecule has 0 radical (unpaired) electrons. The summed E-state index contributed by atoms with van der Waals surface area (Å²) in [4.78, 5) is 32.1. The summed E-state index contributed by atoms with van der Waals surface area (Å²) in [5.74, 6) is -0.502. The van der Waals surface area contributed by atoms with Crippen molar-refractivity contribution < 1.29 is 14.3 Å². The zero-order valence-electron chi connectivity index (χ0n) is 26.4. The van der Waals surface area contributed by atoms with Gasteiger partial charge < -0.3 is 10.1 Å². The summed E-state index contributed by atoms with van der Waals surface area (Å²) >= 11 is 0. The number of unbranched alkanes of at least 4 members (excludes halogenated alkanes) is 8. The van der Waals surface area contributed by atoms with Crippen molar-refractivity contribution in [2.75, 3.05) is 13.1 Å². The fourth-order valence-corrected chi connectivity index (χ4v) is 6.14. The average Bonchev–Trinajstić information content (AvgIpc) is 3.23. The summed E-state index contributed by atoms with van der Waals surface area (Å²) in [5, 5.41) is 3.51. The Bertz CT molecular complexity index is 1080. The number of benzene rings is 1. The van der Waals surface area contributed by atoms with E-state index in [1.165, 1.54) is 61.8 Å². The van der Waals surface area contributed by atoms with Gasteiger partial charge in [-0.15, -0.1) is 0 Å². The lowest BCUT2D eigenvalue weighted by Gasteiger charge is -2.32. The zero-order valence-corrected chi connectivity index (χ0v) is 26.4. The SMILES string of the molecule is CC(C)[C@H]1N(C(=O)[C@H](CNCCCCCCCCCC/C=C\CCc2cccnc2)c2ccccc2)C(=O)OC1(C)C. The molecule has 2 atom stereocenters. The highest BCUT2D eigenvalue weighted by Gasteiger charge is 2.53. The highest BCUT2D eigenvalue weighted by atomic mass is 16.6. The molecule has 230 valence electrons. The maximum Gasteiger partial charge on any atom is 0.417 e. The third-order valence-corrected chi connectivity index (χ3v) is 8.22. The minimum absolute atomic E-state index is 0.102. The summed E-state index contributed by atoms with van der Waals surface area (Å²) < 4.78 is 5.63. The van der Waals surface area contributed by atoms with E-state index in [-0.39, 0.29) is 17.9 Å². The number of carbonyl (C=O) groups excluding carboxylic acids is 2. The number of carbonyl (C=O) groups is 2. The summed E-state index contributed by atoms with van der Waals surface area (Å²) in [6.07, 6.45) is 21.3. The number of amides is 2. The van der Waals surface area contributed by atoms with Gasteiger partial charge in [-0.3, -0.25) is 9.78 Å². The number of allylic oxidation sites excluding steroid dienone is 2. The van der Waals surface area contributed by atoms with Crippen molar-refractivity contribution >= 4 is 12.0 Å². The van der Waals surface area contributed by atoms with Crippen LogP contribution < -0.4 is 5.32 Å². The van der Waals surface area contributed by atoms with Crippen LogP contribution in [-0.2, 0) is 16.0 Å². The molecule has 6 nitrogen and oxygen atoms in total. The predicted octanol–water partition coefficient (Wildman–Crippen LogP) is 8.24. The quantitative estimate of drug-likeness (QED) is 0.135. The number of hydrogen-bond acceptors (Lipinski definition) is 5. The topological polar surface area (TPSA) is 71.5 Å². The smallest absolute Gasteiger partial charge is 0.417 e. The molecule has 6 heteroatoms. The van der Waals surface area contributed by atoms with Crippen LogP contribution in [0.25, 0.3) is 0 Å². The van der Waals surface area contributed by atoms with Gasteiger partial charge in [0.25, 0.3) is 0 Å². The third kappa shape index (κ3) is 10.7. The molecule has 2 heterocycles. The van der Waals surface area contributed by atoms with E-state index in [0.717, 1.165) is 31.4 Å². The number of imide groups is 1. The highest BCUT2D eigenvalue weighted by Crippen LogP contribution is 2.36. The lowest BCUT2D eigenvalue weighted by molar-refractivity contribution is -0.132. The molecular formula is C36H53N3O3. The van der Waals surface area contributed by atoms with Gasteiger partial charge in [0.05, 0.1) is 12.0 Å². The van der Waals surface area contributed by atoms with Gasteiger partial charge in [0.1, 0.15) is 5.60 Å². The van der Waals surface area contributed by atoms with Crippen molar-refractivity contribution in [3.63, 3.8) is 0 Å². The second-order valence-electron chi connectivity index (χ2n) is 12.5. The zero-order chi connectivity index (χ0) is 30.2.